The first-order valence-electron chi connectivity index (χ1n) is 10.5. The maximum absolute atomic E-state index is 14.8. The van der Waals surface area contributed by atoms with E-state index in [-0.39, 0.29) is 41.1 Å². The fourth-order valence-corrected chi connectivity index (χ4v) is 6.11. The van der Waals surface area contributed by atoms with Crippen molar-refractivity contribution in [2.75, 3.05) is 44.4 Å². The van der Waals surface area contributed by atoms with Gasteiger partial charge in [0.25, 0.3) is 11.8 Å². The summed E-state index contributed by atoms with van der Waals surface area (Å²) in [6.07, 6.45) is 1.40. The Balaban J connectivity index is 1.66. The fourth-order valence-electron chi connectivity index (χ4n) is 3.47. The minimum absolute atomic E-state index is 0.000934. The van der Waals surface area contributed by atoms with Gasteiger partial charge in [-0.25, -0.2) is 12.8 Å². The first-order chi connectivity index (χ1) is 16.0. The second-order valence-electron chi connectivity index (χ2n) is 7.96. The lowest BCUT2D eigenvalue weighted by Gasteiger charge is -2.20. The Morgan fingerprint density at radius 3 is 2.68 bits per heavy atom. The summed E-state index contributed by atoms with van der Waals surface area (Å²) in [5.74, 6) is -2.32. The van der Waals surface area contributed by atoms with E-state index in [1.54, 1.807) is 33.2 Å². The molecule has 1 aliphatic rings. The van der Waals surface area contributed by atoms with Crippen LogP contribution in [0.3, 0.4) is 0 Å². The van der Waals surface area contributed by atoms with E-state index in [9.17, 15) is 22.4 Å². The van der Waals surface area contributed by atoms with Crippen LogP contribution in [0, 0.1) is 5.82 Å². The number of nitrogens with one attached hydrogen (secondary N) is 2. The third-order valence-corrected chi connectivity index (χ3v) is 8.23. The number of sulfonamides is 1. The van der Waals surface area contributed by atoms with E-state index < -0.39 is 21.7 Å². The highest BCUT2D eigenvalue weighted by Crippen LogP contribution is 2.29. The van der Waals surface area contributed by atoms with Crippen molar-refractivity contribution in [3.05, 3.63) is 62.7 Å². The van der Waals surface area contributed by atoms with Crippen LogP contribution in [0.4, 0.5) is 10.1 Å². The van der Waals surface area contributed by atoms with Crippen LogP contribution in [0.5, 0.6) is 0 Å². The maximum Gasteiger partial charge on any atom is 0.275 e. The van der Waals surface area contributed by atoms with Gasteiger partial charge in [-0.05, 0) is 43.5 Å². The number of amides is 2. The van der Waals surface area contributed by atoms with E-state index >= 15 is 0 Å². The SMILES string of the molecule is CNCCN(C)C(=O)c1ccc(N2CC=C(NS(=O)(=O)CC(C)c3ccc(Cl)s3)C2=O)c(F)c1. The summed E-state index contributed by atoms with van der Waals surface area (Å²) < 4.78 is 43.0. The van der Waals surface area contributed by atoms with Gasteiger partial charge in [0.15, 0.2) is 0 Å². The van der Waals surface area contributed by atoms with Crippen molar-refractivity contribution in [2.24, 2.45) is 0 Å². The zero-order valence-corrected chi connectivity index (χ0v) is 21.4. The third-order valence-electron chi connectivity index (χ3n) is 5.30. The van der Waals surface area contributed by atoms with Crippen molar-refractivity contribution in [3.63, 3.8) is 0 Å². The van der Waals surface area contributed by atoms with Gasteiger partial charge in [0.2, 0.25) is 10.0 Å². The zero-order valence-electron chi connectivity index (χ0n) is 19.0. The average Bonchev–Trinajstić information content (AvgIpc) is 3.37. The second-order valence-corrected chi connectivity index (χ2v) is 11.5. The average molecular weight is 529 g/mol. The van der Waals surface area contributed by atoms with E-state index in [1.807, 2.05) is 0 Å². The number of hydrogen-bond donors (Lipinski definition) is 2. The molecule has 12 heteroatoms. The number of nitrogens with zero attached hydrogens (tertiary/aromatic N) is 2. The number of hydrogen-bond acceptors (Lipinski definition) is 6. The smallest absolute Gasteiger partial charge is 0.275 e. The van der Waals surface area contributed by atoms with Crippen LogP contribution in [0.25, 0.3) is 0 Å². The molecule has 0 spiro atoms. The number of carbonyl (C=O) groups is 2. The molecule has 0 saturated carbocycles. The number of benzene rings is 1. The van der Waals surface area contributed by atoms with Crippen molar-refractivity contribution < 1.29 is 22.4 Å². The van der Waals surface area contributed by atoms with Gasteiger partial charge in [-0.2, -0.15) is 0 Å². The largest absolute Gasteiger partial charge is 0.340 e. The number of likely N-dealkylation sites (N-methyl/N-ethyl adjacent to an activating group) is 2. The fraction of sp³-hybridized carbons (Fsp3) is 0.364. The van der Waals surface area contributed by atoms with E-state index in [2.05, 4.69) is 10.0 Å². The number of carbonyl (C=O) groups excluding carboxylic acids is 2. The summed E-state index contributed by atoms with van der Waals surface area (Å²) in [6, 6.07) is 7.34. The monoisotopic (exact) mass is 528 g/mol. The summed E-state index contributed by atoms with van der Waals surface area (Å²) >= 11 is 7.22. The van der Waals surface area contributed by atoms with Gasteiger partial charge in [-0.1, -0.05) is 18.5 Å². The molecule has 0 fully saturated rings. The van der Waals surface area contributed by atoms with Crippen LogP contribution >= 0.6 is 22.9 Å². The van der Waals surface area contributed by atoms with Crippen molar-refractivity contribution in [2.45, 2.75) is 12.8 Å². The highest BCUT2D eigenvalue weighted by Gasteiger charge is 2.31. The lowest BCUT2D eigenvalue weighted by Crippen LogP contribution is -2.35. The topological polar surface area (TPSA) is 98.8 Å². The molecule has 0 saturated heterocycles. The molecule has 184 valence electrons. The molecule has 2 aromatic rings. The van der Waals surface area contributed by atoms with Gasteiger partial charge in [0, 0.05) is 43.0 Å². The summed E-state index contributed by atoms with van der Waals surface area (Å²) in [7, 11) is -0.455. The predicted molar refractivity (Wildman–Crippen MR) is 132 cm³/mol. The van der Waals surface area contributed by atoms with Crippen molar-refractivity contribution in [1.29, 1.82) is 0 Å². The lowest BCUT2D eigenvalue weighted by atomic mass is 10.1. The van der Waals surface area contributed by atoms with Crippen molar-refractivity contribution in [1.82, 2.24) is 14.9 Å². The van der Waals surface area contributed by atoms with Gasteiger partial charge < -0.3 is 15.1 Å². The zero-order chi connectivity index (χ0) is 25.0. The molecule has 3 rings (SSSR count). The molecular formula is C22H26ClFN4O4S2. The summed E-state index contributed by atoms with van der Waals surface area (Å²) in [5.41, 5.74) is -0.0164. The molecule has 0 bridgehead atoms. The van der Waals surface area contributed by atoms with Gasteiger partial charge >= 0.3 is 0 Å². The van der Waals surface area contributed by atoms with E-state index in [0.29, 0.717) is 17.4 Å². The van der Waals surface area contributed by atoms with Crippen molar-refractivity contribution >= 4 is 50.5 Å². The number of thiophene rings is 1. The first-order valence-corrected chi connectivity index (χ1v) is 13.3. The van der Waals surface area contributed by atoms with Crippen LogP contribution in [0.1, 0.15) is 28.1 Å². The second kappa shape index (κ2) is 10.9. The molecule has 0 radical (unpaired) electrons. The Morgan fingerprint density at radius 2 is 2.06 bits per heavy atom. The molecule has 8 nitrogen and oxygen atoms in total. The van der Waals surface area contributed by atoms with Crippen LogP contribution in [0.15, 0.2) is 42.1 Å². The molecule has 1 atom stereocenters. The molecule has 2 amide bonds. The Kier molecular flexibility index (Phi) is 8.34. The van der Waals surface area contributed by atoms with Gasteiger partial charge in [0.05, 0.1) is 15.8 Å². The molecule has 1 unspecified atom stereocenters. The highest BCUT2D eigenvalue weighted by atomic mass is 35.5. The van der Waals surface area contributed by atoms with E-state index in [1.165, 1.54) is 34.4 Å². The maximum atomic E-state index is 14.8. The highest BCUT2D eigenvalue weighted by molar-refractivity contribution is 7.89. The van der Waals surface area contributed by atoms with Crippen LogP contribution in [-0.2, 0) is 14.8 Å². The molecule has 1 aromatic heterocycles. The molecular weight excluding hydrogens is 503 g/mol. The first kappa shape index (κ1) is 26.1. The Labute approximate surface area is 207 Å². The van der Waals surface area contributed by atoms with Crippen molar-refractivity contribution in [3.8, 4) is 0 Å². The summed E-state index contributed by atoms with van der Waals surface area (Å²) in [6.45, 7) is 2.80. The Bertz CT molecular complexity index is 1220. The normalized spacial score (nSPS) is 14.8. The lowest BCUT2D eigenvalue weighted by molar-refractivity contribution is -0.114. The van der Waals surface area contributed by atoms with Crippen LogP contribution in [0.2, 0.25) is 4.34 Å². The number of halogens is 2. The van der Waals surface area contributed by atoms with E-state index in [4.69, 9.17) is 11.6 Å². The summed E-state index contributed by atoms with van der Waals surface area (Å²) in [4.78, 5) is 28.7. The predicted octanol–water partition coefficient (Wildman–Crippen LogP) is 2.79. The number of anilines is 1. The van der Waals surface area contributed by atoms with Gasteiger partial charge in [0.1, 0.15) is 11.5 Å². The number of rotatable bonds is 10. The molecule has 1 aromatic carbocycles. The standard InChI is InChI=1S/C22H26ClFN4O4S2/c1-14(19-6-7-20(23)33-19)13-34(31,32)26-17-8-10-28(22(17)30)18-5-4-15(12-16(18)24)21(29)27(3)11-9-25-2/h4-8,12,14,25-26H,9-11,13H2,1-3H3. The Hall–Kier alpha value is -2.47. The molecule has 1 aliphatic heterocycles. The summed E-state index contributed by atoms with van der Waals surface area (Å²) in [5, 5.41) is 2.94. The van der Waals surface area contributed by atoms with E-state index in [0.717, 1.165) is 15.8 Å². The van der Waals surface area contributed by atoms with Gasteiger partial charge in [-0.3, -0.25) is 14.3 Å². The molecule has 2 N–H and O–H groups in total. The van der Waals surface area contributed by atoms with Gasteiger partial charge in [-0.15, -0.1) is 11.3 Å². The minimum atomic E-state index is -3.84. The quantitative estimate of drug-likeness (QED) is 0.494. The van der Waals surface area contributed by atoms with Crippen LogP contribution in [-0.4, -0.2) is 64.6 Å². The molecule has 0 aliphatic carbocycles. The van der Waals surface area contributed by atoms with Crippen LogP contribution < -0.4 is 14.9 Å². The minimum Gasteiger partial charge on any atom is -0.340 e. The molecule has 34 heavy (non-hydrogen) atoms. The Morgan fingerprint density at radius 1 is 1.32 bits per heavy atom. The third kappa shape index (κ3) is 6.15. The molecule has 2 heterocycles.